The molecule has 0 spiro atoms. The number of rotatable bonds is 2. The average Bonchev–Trinajstić information content (AvgIpc) is 2.17. The summed E-state index contributed by atoms with van der Waals surface area (Å²) in [5, 5.41) is 17.6. The molecular formula is C10H10N2O2. The van der Waals surface area contributed by atoms with Gasteiger partial charge in [0.2, 0.25) is 0 Å². The molecule has 4 nitrogen and oxygen atoms in total. The Balaban J connectivity index is 3.44. The third-order valence-corrected chi connectivity index (χ3v) is 2.05. The number of carbonyl (C=O) groups is 1. The van der Waals surface area contributed by atoms with Crippen LogP contribution < -0.4 is 5.73 Å². The Morgan fingerprint density at radius 3 is 2.71 bits per heavy atom. The molecule has 0 saturated heterocycles. The Labute approximate surface area is 81.6 Å². The molecule has 1 aromatic rings. The van der Waals surface area contributed by atoms with E-state index in [0.29, 0.717) is 16.7 Å². The molecular weight excluding hydrogens is 180 g/mol. The summed E-state index contributed by atoms with van der Waals surface area (Å²) >= 11 is 0. The lowest BCUT2D eigenvalue weighted by molar-refractivity contribution is 0.0696. The second-order valence-electron chi connectivity index (χ2n) is 2.94. The lowest BCUT2D eigenvalue weighted by Crippen LogP contribution is -2.05. The fourth-order valence-corrected chi connectivity index (χ4v) is 1.23. The molecule has 0 radical (unpaired) electrons. The van der Waals surface area contributed by atoms with E-state index in [1.54, 1.807) is 13.0 Å². The summed E-state index contributed by atoms with van der Waals surface area (Å²) in [4.78, 5) is 10.8. The summed E-state index contributed by atoms with van der Waals surface area (Å²) in [7, 11) is 0. The van der Waals surface area contributed by atoms with Gasteiger partial charge in [-0.25, -0.2) is 4.79 Å². The predicted octanol–water partition coefficient (Wildman–Crippen LogP) is 1.02. The number of nitrogens with two attached hydrogens (primary N) is 1. The van der Waals surface area contributed by atoms with Crippen LogP contribution in [0.2, 0.25) is 0 Å². The number of hydrogen-bond acceptors (Lipinski definition) is 3. The topological polar surface area (TPSA) is 87.1 Å². The van der Waals surface area contributed by atoms with Gasteiger partial charge in [-0.2, -0.15) is 5.26 Å². The van der Waals surface area contributed by atoms with Crippen molar-refractivity contribution in [1.82, 2.24) is 0 Å². The molecule has 0 aliphatic rings. The standard InChI is InChI=1S/C10H10N2O2/c1-6-8(5-12)2-7(4-11)3-9(6)10(13)14/h2-3H,4,11H2,1H3,(H,13,14). The van der Waals surface area contributed by atoms with Crippen LogP contribution in [0.4, 0.5) is 0 Å². The zero-order chi connectivity index (χ0) is 10.7. The maximum absolute atomic E-state index is 10.8. The minimum atomic E-state index is -1.03. The zero-order valence-electron chi connectivity index (χ0n) is 7.74. The van der Waals surface area contributed by atoms with E-state index in [1.807, 2.05) is 6.07 Å². The minimum absolute atomic E-state index is 0.143. The largest absolute Gasteiger partial charge is 0.478 e. The van der Waals surface area contributed by atoms with E-state index in [-0.39, 0.29) is 12.1 Å². The summed E-state index contributed by atoms with van der Waals surface area (Å²) in [6.45, 7) is 1.84. The molecule has 0 bridgehead atoms. The van der Waals surface area contributed by atoms with Crippen LogP contribution in [0.3, 0.4) is 0 Å². The molecule has 4 heteroatoms. The smallest absolute Gasteiger partial charge is 0.336 e. The van der Waals surface area contributed by atoms with Gasteiger partial charge in [0, 0.05) is 6.54 Å². The highest BCUT2D eigenvalue weighted by Crippen LogP contribution is 2.16. The Morgan fingerprint density at radius 1 is 1.64 bits per heavy atom. The fraction of sp³-hybridized carbons (Fsp3) is 0.200. The van der Waals surface area contributed by atoms with E-state index in [0.717, 1.165) is 0 Å². The van der Waals surface area contributed by atoms with Crippen LogP contribution in [0.15, 0.2) is 12.1 Å². The van der Waals surface area contributed by atoms with Gasteiger partial charge in [-0.15, -0.1) is 0 Å². The number of nitrogens with zero attached hydrogens (tertiary/aromatic N) is 1. The van der Waals surface area contributed by atoms with Gasteiger partial charge >= 0.3 is 5.97 Å². The number of aromatic carboxylic acids is 1. The number of nitriles is 1. The fourth-order valence-electron chi connectivity index (χ4n) is 1.23. The van der Waals surface area contributed by atoms with Crippen molar-refractivity contribution in [2.75, 3.05) is 0 Å². The lowest BCUT2D eigenvalue weighted by atomic mass is 9.99. The number of benzene rings is 1. The van der Waals surface area contributed by atoms with E-state index >= 15 is 0 Å². The zero-order valence-corrected chi connectivity index (χ0v) is 7.74. The van der Waals surface area contributed by atoms with E-state index in [2.05, 4.69) is 0 Å². The van der Waals surface area contributed by atoms with Crippen molar-refractivity contribution < 1.29 is 9.90 Å². The molecule has 0 heterocycles. The van der Waals surface area contributed by atoms with Gasteiger partial charge < -0.3 is 10.8 Å². The van der Waals surface area contributed by atoms with Crippen molar-refractivity contribution in [3.8, 4) is 6.07 Å². The normalized spacial score (nSPS) is 9.50. The molecule has 3 N–H and O–H groups in total. The summed E-state index contributed by atoms with van der Waals surface area (Å²) in [5.74, 6) is -1.03. The van der Waals surface area contributed by atoms with Gasteiger partial charge in [0.15, 0.2) is 0 Å². The molecule has 0 aliphatic carbocycles. The maximum atomic E-state index is 10.8. The Hall–Kier alpha value is -1.86. The first-order valence-electron chi connectivity index (χ1n) is 4.07. The van der Waals surface area contributed by atoms with Gasteiger partial charge in [0.05, 0.1) is 17.2 Å². The van der Waals surface area contributed by atoms with Gasteiger partial charge in [-0.1, -0.05) is 0 Å². The van der Waals surface area contributed by atoms with Crippen molar-refractivity contribution in [1.29, 1.82) is 5.26 Å². The molecule has 0 saturated carbocycles. The highest BCUT2D eigenvalue weighted by Gasteiger charge is 2.11. The first-order valence-corrected chi connectivity index (χ1v) is 4.07. The molecule has 72 valence electrons. The molecule has 0 amide bonds. The van der Waals surface area contributed by atoms with E-state index in [4.69, 9.17) is 16.1 Å². The predicted molar refractivity (Wildman–Crippen MR) is 50.7 cm³/mol. The highest BCUT2D eigenvalue weighted by molar-refractivity contribution is 5.90. The van der Waals surface area contributed by atoms with Crippen LogP contribution in [-0.2, 0) is 6.54 Å². The molecule has 0 aromatic heterocycles. The Kier molecular flexibility index (Phi) is 2.85. The van der Waals surface area contributed by atoms with Gasteiger partial charge in [0.25, 0.3) is 0 Å². The Morgan fingerprint density at radius 2 is 2.29 bits per heavy atom. The van der Waals surface area contributed by atoms with E-state index < -0.39 is 5.97 Å². The van der Waals surface area contributed by atoms with Crippen molar-refractivity contribution in [2.45, 2.75) is 13.5 Å². The highest BCUT2D eigenvalue weighted by atomic mass is 16.4. The lowest BCUT2D eigenvalue weighted by Gasteiger charge is -2.05. The van der Waals surface area contributed by atoms with E-state index in [1.165, 1.54) is 6.07 Å². The van der Waals surface area contributed by atoms with Crippen LogP contribution in [0.5, 0.6) is 0 Å². The van der Waals surface area contributed by atoms with Crippen LogP contribution in [-0.4, -0.2) is 11.1 Å². The van der Waals surface area contributed by atoms with Crippen molar-refractivity contribution in [2.24, 2.45) is 5.73 Å². The summed E-state index contributed by atoms with van der Waals surface area (Å²) in [5.41, 5.74) is 7.04. The maximum Gasteiger partial charge on any atom is 0.336 e. The van der Waals surface area contributed by atoms with Gasteiger partial charge in [-0.05, 0) is 30.2 Å². The summed E-state index contributed by atoms with van der Waals surface area (Å²) in [6, 6.07) is 5.06. The molecule has 0 atom stereocenters. The van der Waals surface area contributed by atoms with Gasteiger partial charge in [-0.3, -0.25) is 0 Å². The van der Waals surface area contributed by atoms with Crippen molar-refractivity contribution >= 4 is 5.97 Å². The number of carboxylic acid groups (broad SMARTS) is 1. The molecule has 0 fully saturated rings. The van der Waals surface area contributed by atoms with E-state index in [9.17, 15) is 4.79 Å². The quantitative estimate of drug-likeness (QED) is 0.728. The van der Waals surface area contributed by atoms with Crippen molar-refractivity contribution in [3.63, 3.8) is 0 Å². The molecule has 1 aromatic carbocycles. The SMILES string of the molecule is Cc1c(C#N)cc(CN)cc1C(=O)O. The minimum Gasteiger partial charge on any atom is -0.478 e. The van der Waals surface area contributed by atoms with Gasteiger partial charge in [0.1, 0.15) is 0 Å². The number of carboxylic acids is 1. The first-order chi connectivity index (χ1) is 6.60. The van der Waals surface area contributed by atoms with Crippen LogP contribution >= 0.6 is 0 Å². The Bertz CT molecular complexity index is 419. The first kappa shape index (κ1) is 10.2. The number of hydrogen-bond donors (Lipinski definition) is 2. The molecule has 0 unspecified atom stereocenters. The monoisotopic (exact) mass is 190 g/mol. The third-order valence-electron chi connectivity index (χ3n) is 2.05. The summed E-state index contributed by atoms with van der Waals surface area (Å²) in [6.07, 6.45) is 0. The third kappa shape index (κ3) is 1.73. The van der Waals surface area contributed by atoms with Crippen LogP contribution in [0.25, 0.3) is 0 Å². The van der Waals surface area contributed by atoms with Crippen LogP contribution in [0.1, 0.15) is 27.0 Å². The average molecular weight is 190 g/mol. The molecule has 0 aliphatic heterocycles. The van der Waals surface area contributed by atoms with Crippen LogP contribution in [0, 0.1) is 18.3 Å². The molecule has 14 heavy (non-hydrogen) atoms. The summed E-state index contributed by atoms with van der Waals surface area (Å²) < 4.78 is 0. The van der Waals surface area contributed by atoms with Crippen molar-refractivity contribution in [3.05, 3.63) is 34.4 Å². The molecule has 1 rings (SSSR count). The second kappa shape index (κ2) is 3.90. The second-order valence-corrected chi connectivity index (χ2v) is 2.94.